The Hall–Kier alpha value is 2.68. The average Bonchev–Trinajstić information content (AvgIpc) is 1.19. The fourth-order valence-electron chi connectivity index (χ4n) is 0. The molecule has 11 heteroatoms. The van der Waals surface area contributed by atoms with Gasteiger partial charge in [0, 0.05) is 19.5 Å². The molecule has 0 atom stereocenters. The van der Waals surface area contributed by atoms with Crippen LogP contribution in [0.25, 0.3) is 0 Å². The third-order valence-electron chi connectivity index (χ3n) is 0. The molecule has 0 aromatic rings. The molecule has 0 aliphatic heterocycles. The molecule has 0 bridgehead atoms. The third-order valence-corrected chi connectivity index (χ3v) is 0. The van der Waals surface area contributed by atoms with Gasteiger partial charge in [0.1, 0.15) is 0 Å². The van der Waals surface area contributed by atoms with Gasteiger partial charge in [-0.3, -0.25) is 0 Å². The van der Waals surface area contributed by atoms with Crippen LogP contribution in [0.2, 0.25) is 0 Å². The van der Waals surface area contributed by atoms with Gasteiger partial charge in [-0.15, -0.1) is 0 Å². The Bertz CT molecular complexity index is 92.6. The first-order valence-corrected chi connectivity index (χ1v) is 4.15. The van der Waals surface area contributed by atoms with Gasteiger partial charge in [0.05, 0.1) is 0 Å². The first kappa shape index (κ1) is 23.5. The van der Waals surface area contributed by atoms with Crippen LogP contribution >= 0.6 is 16.4 Å². The van der Waals surface area contributed by atoms with E-state index in [-0.39, 0.29) is 72.3 Å². The second-order valence-electron chi connectivity index (χ2n) is 0.782. The van der Waals surface area contributed by atoms with Crippen molar-refractivity contribution in [2.75, 3.05) is 0 Å². The van der Waals surface area contributed by atoms with E-state index in [1.54, 1.807) is 0 Å². The predicted molar refractivity (Wildman–Crippen MR) is 29.0 cm³/mol. The van der Waals surface area contributed by atoms with Crippen molar-refractivity contribution >= 4 is 16.4 Å². The molecule has 0 heterocycles. The minimum Gasteiger partial charge on any atom is -1.00 e. The Morgan fingerprint density at radius 2 is 1.09 bits per heavy atom. The summed E-state index contributed by atoms with van der Waals surface area (Å²) in [5.74, 6) is 0. The van der Waals surface area contributed by atoms with Crippen molar-refractivity contribution in [3.05, 3.63) is 0 Å². The summed E-state index contributed by atoms with van der Waals surface area (Å²) in [5, 5.41) is 0. The van der Waals surface area contributed by atoms with E-state index in [4.69, 9.17) is 33.9 Å². The topological polar surface area (TPSA) is 138 Å². The zero-order valence-corrected chi connectivity index (χ0v) is 13.6. The second-order valence-corrected chi connectivity index (χ2v) is 2.34. The Labute approximate surface area is 121 Å². The maximum atomic E-state index is 8.88. The molecule has 0 spiro atoms. The SMILES string of the molecule is O=P(O)(O)O.OP(O)O.[H-].[K+].[Zn]. The Morgan fingerprint density at radius 3 is 1.09 bits per heavy atom. The molecule has 0 saturated carbocycles. The minimum atomic E-state index is -4.64. The van der Waals surface area contributed by atoms with Gasteiger partial charge in [0.2, 0.25) is 0 Å². The van der Waals surface area contributed by atoms with Crippen molar-refractivity contribution in [2.24, 2.45) is 0 Å². The van der Waals surface area contributed by atoms with Crippen molar-refractivity contribution in [3.63, 3.8) is 0 Å². The summed E-state index contributed by atoms with van der Waals surface area (Å²) in [6, 6.07) is 0. The van der Waals surface area contributed by atoms with Crippen molar-refractivity contribution < 1.29 is 106 Å². The molecule has 0 unspecified atom stereocenters. The monoisotopic (exact) mass is 284 g/mol. The molecular weight excluding hydrogens is 278 g/mol. The molecule has 62 valence electrons. The van der Waals surface area contributed by atoms with E-state index in [1.807, 2.05) is 0 Å². The Balaban J connectivity index is -0.0000000221. The van der Waals surface area contributed by atoms with Crippen LogP contribution in [0.4, 0.5) is 0 Å². The standard InChI is InChI=1S/K.H3O4P.H3O3P.Zn.H/c;1-5(2,3)4;1-4(2)3;;/h;(H3,1,2,3,4);1-3H;;/q+1;;;;-1. The summed E-state index contributed by atoms with van der Waals surface area (Å²) in [6.07, 6.45) is 0. The zero-order valence-electron chi connectivity index (χ0n) is 6.69. The molecule has 6 N–H and O–H groups in total. The molecular formula is H7KO7P2Zn. The maximum absolute atomic E-state index is 8.88. The van der Waals surface area contributed by atoms with E-state index in [0.29, 0.717) is 0 Å². The van der Waals surface area contributed by atoms with Crippen LogP contribution in [-0.2, 0) is 24.0 Å². The molecule has 0 amide bonds. The molecule has 0 aromatic heterocycles. The van der Waals surface area contributed by atoms with Crippen molar-refractivity contribution in [1.82, 2.24) is 0 Å². The summed E-state index contributed by atoms with van der Waals surface area (Å²) < 4.78 is 8.88. The van der Waals surface area contributed by atoms with Crippen molar-refractivity contribution in [3.8, 4) is 0 Å². The molecule has 7 nitrogen and oxygen atoms in total. The van der Waals surface area contributed by atoms with Crippen LogP contribution < -0.4 is 51.4 Å². The fraction of sp³-hybridized carbons (Fsp3) is 0. The van der Waals surface area contributed by atoms with Gasteiger partial charge >= 0.3 is 67.8 Å². The fourth-order valence-corrected chi connectivity index (χ4v) is 0. The number of phosphoric acid groups is 1. The van der Waals surface area contributed by atoms with Crippen LogP contribution in [0.3, 0.4) is 0 Å². The maximum Gasteiger partial charge on any atom is 1.00 e. The smallest absolute Gasteiger partial charge is 1.00 e. The van der Waals surface area contributed by atoms with Gasteiger partial charge in [0.15, 0.2) is 0 Å². The Kier molecular flexibility index (Phi) is 27.1. The molecule has 0 fully saturated rings. The number of hydrogen-bond acceptors (Lipinski definition) is 4. The van der Waals surface area contributed by atoms with E-state index in [2.05, 4.69) is 0 Å². The first-order valence-electron chi connectivity index (χ1n) is 1.38. The van der Waals surface area contributed by atoms with Gasteiger partial charge in [-0.25, -0.2) is 4.57 Å². The minimum absolute atomic E-state index is 0. The zero-order chi connectivity index (χ0) is 8.08. The van der Waals surface area contributed by atoms with Crippen LogP contribution in [0.5, 0.6) is 0 Å². The molecule has 0 saturated heterocycles. The van der Waals surface area contributed by atoms with E-state index >= 15 is 0 Å². The normalized spacial score (nSPS) is 8.64. The number of rotatable bonds is 0. The van der Waals surface area contributed by atoms with E-state index in [1.165, 1.54) is 0 Å². The van der Waals surface area contributed by atoms with Gasteiger partial charge in [-0.05, 0) is 0 Å². The molecule has 11 heavy (non-hydrogen) atoms. The van der Waals surface area contributed by atoms with Gasteiger partial charge < -0.3 is 30.8 Å². The summed E-state index contributed by atoms with van der Waals surface area (Å²) in [6.45, 7) is 0. The molecule has 0 radical (unpaired) electrons. The first-order chi connectivity index (χ1) is 3.73. The second kappa shape index (κ2) is 12.7. The van der Waals surface area contributed by atoms with Crippen LogP contribution in [0.15, 0.2) is 0 Å². The molecule has 0 aromatic carbocycles. The Morgan fingerprint density at radius 1 is 1.09 bits per heavy atom. The van der Waals surface area contributed by atoms with E-state index in [9.17, 15) is 0 Å². The van der Waals surface area contributed by atoms with Crippen LogP contribution in [0, 0.1) is 0 Å². The molecule has 0 aliphatic carbocycles. The predicted octanol–water partition coefficient (Wildman–Crippen LogP) is -4.62. The van der Waals surface area contributed by atoms with Crippen molar-refractivity contribution in [2.45, 2.75) is 0 Å². The van der Waals surface area contributed by atoms with Crippen LogP contribution in [-0.4, -0.2) is 29.4 Å². The molecule has 0 aliphatic rings. The third kappa shape index (κ3) is 201. The number of hydrogen-bond donors (Lipinski definition) is 6. The van der Waals surface area contributed by atoms with Crippen molar-refractivity contribution in [1.29, 1.82) is 0 Å². The van der Waals surface area contributed by atoms with Gasteiger partial charge in [-0.1, -0.05) is 0 Å². The quantitative estimate of drug-likeness (QED) is 0.194. The summed E-state index contributed by atoms with van der Waals surface area (Å²) in [4.78, 5) is 43.3. The largest absolute Gasteiger partial charge is 1.00 e. The summed E-state index contributed by atoms with van der Waals surface area (Å²) in [5.41, 5.74) is 0. The molecule has 0 rings (SSSR count). The van der Waals surface area contributed by atoms with E-state index in [0.717, 1.165) is 0 Å². The van der Waals surface area contributed by atoms with E-state index < -0.39 is 16.4 Å². The summed E-state index contributed by atoms with van der Waals surface area (Å²) in [7, 11) is -7.26. The van der Waals surface area contributed by atoms with Gasteiger partial charge in [-0.2, -0.15) is 0 Å². The summed E-state index contributed by atoms with van der Waals surface area (Å²) >= 11 is 0. The van der Waals surface area contributed by atoms with Crippen LogP contribution in [0.1, 0.15) is 1.43 Å². The average molecular weight is 285 g/mol. The van der Waals surface area contributed by atoms with Gasteiger partial charge in [0.25, 0.3) is 0 Å².